The predicted molar refractivity (Wildman–Crippen MR) is 46.9 cm³/mol. The van der Waals surface area contributed by atoms with Gasteiger partial charge in [0.1, 0.15) is 11.6 Å². The van der Waals surface area contributed by atoms with Crippen LogP contribution in [0.25, 0.3) is 11.4 Å². The molecule has 6 heteroatoms. The minimum absolute atomic E-state index is 0.259. The molecule has 0 saturated carbocycles. The highest BCUT2D eigenvalue weighted by Crippen LogP contribution is 2.16. The molecular weight excluding hydrogens is 170 g/mol. The predicted octanol–water partition coefficient (Wildman–Crippen LogP) is -0.258. The van der Waals surface area contributed by atoms with Crippen LogP contribution in [0.15, 0.2) is 23.4 Å². The number of nitrogens with two attached hydrogens (primary N) is 1. The van der Waals surface area contributed by atoms with Crippen molar-refractivity contribution in [3.8, 4) is 11.4 Å². The van der Waals surface area contributed by atoms with E-state index < -0.39 is 5.69 Å². The molecule has 2 aromatic rings. The molecule has 6 nitrogen and oxygen atoms in total. The van der Waals surface area contributed by atoms with Crippen LogP contribution in [0.2, 0.25) is 0 Å². The summed E-state index contributed by atoms with van der Waals surface area (Å²) in [6.45, 7) is 0. The van der Waals surface area contributed by atoms with Crippen molar-refractivity contribution in [1.82, 2.24) is 19.9 Å². The van der Waals surface area contributed by atoms with Gasteiger partial charge in [-0.25, -0.2) is 14.8 Å². The number of aromatic nitrogens is 4. The Hall–Kier alpha value is -2.11. The van der Waals surface area contributed by atoms with E-state index >= 15 is 0 Å². The van der Waals surface area contributed by atoms with Gasteiger partial charge in [0.25, 0.3) is 0 Å². The first kappa shape index (κ1) is 7.53. The second kappa shape index (κ2) is 2.74. The van der Waals surface area contributed by atoms with Crippen molar-refractivity contribution >= 4 is 5.82 Å². The van der Waals surface area contributed by atoms with Gasteiger partial charge in [-0.2, -0.15) is 0 Å². The Morgan fingerprint density at radius 3 is 2.85 bits per heavy atom. The molecule has 66 valence electrons. The maximum Gasteiger partial charge on any atom is 0.346 e. The summed E-state index contributed by atoms with van der Waals surface area (Å²) in [5.41, 5.74) is 5.68. The molecule has 2 aromatic heterocycles. The lowest BCUT2D eigenvalue weighted by Gasteiger charge is -1.98. The van der Waals surface area contributed by atoms with Crippen LogP contribution in [0.1, 0.15) is 0 Å². The van der Waals surface area contributed by atoms with E-state index in [4.69, 9.17) is 5.73 Å². The Bertz CT molecular complexity index is 458. The molecule has 0 saturated heterocycles. The quantitative estimate of drug-likeness (QED) is 0.558. The summed E-state index contributed by atoms with van der Waals surface area (Å²) >= 11 is 0. The molecule has 0 aliphatic rings. The molecule has 0 bridgehead atoms. The number of hydrogen-bond acceptors (Lipinski definition) is 4. The van der Waals surface area contributed by atoms with Crippen LogP contribution in [0.3, 0.4) is 0 Å². The third-order valence-electron chi connectivity index (χ3n) is 1.60. The van der Waals surface area contributed by atoms with E-state index in [1.165, 1.54) is 6.20 Å². The molecule has 2 rings (SSSR count). The van der Waals surface area contributed by atoms with Crippen molar-refractivity contribution in [3.63, 3.8) is 0 Å². The van der Waals surface area contributed by atoms with E-state index in [1.807, 2.05) is 0 Å². The number of anilines is 1. The van der Waals surface area contributed by atoms with Gasteiger partial charge in [-0.3, -0.25) is 4.98 Å². The number of imidazole rings is 1. The van der Waals surface area contributed by atoms with E-state index in [0.29, 0.717) is 11.4 Å². The number of rotatable bonds is 1. The molecule has 4 N–H and O–H groups in total. The van der Waals surface area contributed by atoms with Crippen LogP contribution in [-0.4, -0.2) is 19.9 Å². The third-order valence-corrected chi connectivity index (χ3v) is 1.60. The molecule has 0 aromatic carbocycles. The Balaban J connectivity index is 2.60. The SMILES string of the molecule is Nc1[nH]c(=O)ncc1-c1ncc[nH]1. The van der Waals surface area contributed by atoms with Gasteiger partial charge in [0, 0.05) is 18.6 Å². The molecule has 0 amide bonds. The van der Waals surface area contributed by atoms with Crippen molar-refractivity contribution < 1.29 is 0 Å². The van der Waals surface area contributed by atoms with Crippen LogP contribution >= 0.6 is 0 Å². The number of nitrogens with zero attached hydrogens (tertiary/aromatic N) is 2. The van der Waals surface area contributed by atoms with E-state index in [9.17, 15) is 4.79 Å². The standard InChI is InChI=1S/C7H7N5O/c8-5-4(3-11-7(13)12-5)6-9-1-2-10-6/h1-3H,(H,9,10)(H3,8,11,12,13). The summed E-state index contributed by atoms with van der Waals surface area (Å²) in [6, 6.07) is 0. The van der Waals surface area contributed by atoms with Crippen molar-refractivity contribution in [3.05, 3.63) is 29.1 Å². The second-order valence-electron chi connectivity index (χ2n) is 2.45. The van der Waals surface area contributed by atoms with Crippen molar-refractivity contribution in [2.75, 3.05) is 5.73 Å². The van der Waals surface area contributed by atoms with Crippen molar-refractivity contribution in [2.45, 2.75) is 0 Å². The summed E-state index contributed by atoms with van der Waals surface area (Å²) in [7, 11) is 0. The minimum atomic E-state index is -0.465. The third kappa shape index (κ3) is 1.28. The van der Waals surface area contributed by atoms with Gasteiger partial charge in [-0.1, -0.05) is 0 Å². The monoisotopic (exact) mass is 177 g/mol. The van der Waals surface area contributed by atoms with E-state index in [0.717, 1.165) is 0 Å². The van der Waals surface area contributed by atoms with Crippen LogP contribution in [-0.2, 0) is 0 Å². The Labute approximate surface area is 72.9 Å². The molecule has 2 heterocycles. The molecule has 0 fully saturated rings. The molecule has 0 aliphatic carbocycles. The zero-order valence-electron chi connectivity index (χ0n) is 6.61. The van der Waals surface area contributed by atoms with E-state index in [2.05, 4.69) is 19.9 Å². The van der Waals surface area contributed by atoms with Crippen LogP contribution in [0.4, 0.5) is 5.82 Å². The van der Waals surface area contributed by atoms with Gasteiger partial charge < -0.3 is 10.7 Å². The molecule has 0 atom stereocenters. The smallest absolute Gasteiger partial charge is 0.346 e. The lowest BCUT2D eigenvalue weighted by Crippen LogP contribution is -2.12. The fourth-order valence-electron chi connectivity index (χ4n) is 1.01. The zero-order chi connectivity index (χ0) is 9.26. The first-order valence-corrected chi connectivity index (χ1v) is 3.62. The lowest BCUT2D eigenvalue weighted by atomic mass is 10.3. The topological polar surface area (TPSA) is 100 Å². The van der Waals surface area contributed by atoms with Gasteiger partial charge >= 0.3 is 5.69 Å². The van der Waals surface area contributed by atoms with Gasteiger partial charge in [-0.15, -0.1) is 0 Å². The summed E-state index contributed by atoms with van der Waals surface area (Å²) in [5.74, 6) is 0.844. The highest BCUT2D eigenvalue weighted by Gasteiger charge is 2.04. The fourth-order valence-corrected chi connectivity index (χ4v) is 1.01. The average Bonchev–Trinajstić information content (AvgIpc) is 2.56. The first-order valence-electron chi connectivity index (χ1n) is 3.62. The first-order chi connectivity index (χ1) is 6.27. The van der Waals surface area contributed by atoms with Crippen LogP contribution in [0.5, 0.6) is 0 Å². The highest BCUT2D eigenvalue weighted by molar-refractivity contribution is 5.66. The van der Waals surface area contributed by atoms with Crippen molar-refractivity contribution in [2.24, 2.45) is 0 Å². The maximum atomic E-state index is 10.7. The van der Waals surface area contributed by atoms with Gasteiger partial charge in [-0.05, 0) is 0 Å². The summed E-state index contributed by atoms with van der Waals surface area (Å²) < 4.78 is 0. The Morgan fingerprint density at radius 1 is 1.38 bits per heavy atom. The Morgan fingerprint density at radius 2 is 2.23 bits per heavy atom. The van der Waals surface area contributed by atoms with Crippen LogP contribution < -0.4 is 11.4 Å². The van der Waals surface area contributed by atoms with Gasteiger partial charge in [0.05, 0.1) is 5.56 Å². The number of nitrogens with one attached hydrogen (secondary N) is 2. The largest absolute Gasteiger partial charge is 0.384 e. The van der Waals surface area contributed by atoms with E-state index in [1.54, 1.807) is 12.4 Å². The number of nitrogen functional groups attached to an aromatic ring is 1. The zero-order valence-corrected chi connectivity index (χ0v) is 6.61. The highest BCUT2D eigenvalue weighted by atomic mass is 16.1. The second-order valence-corrected chi connectivity index (χ2v) is 2.45. The average molecular weight is 177 g/mol. The number of H-pyrrole nitrogens is 2. The fraction of sp³-hybridized carbons (Fsp3) is 0. The van der Waals surface area contributed by atoms with Gasteiger partial charge in [0.15, 0.2) is 0 Å². The number of hydrogen-bond donors (Lipinski definition) is 3. The normalized spacial score (nSPS) is 10.2. The Kier molecular flexibility index (Phi) is 1.59. The van der Waals surface area contributed by atoms with Crippen LogP contribution in [0, 0.1) is 0 Å². The number of aromatic amines is 2. The molecule has 13 heavy (non-hydrogen) atoms. The lowest BCUT2D eigenvalue weighted by molar-refractivity contribution is 1.08. The maximum absolute atomic E-state index is 10.7. The summed E-state index contributed by atoms with van der Waals surface area (Å²) in [6.07, 6.45) is 4.65. The molecule has 0 spiro atoms. The van der Waals surface area contributed by atoms with Gasteiger partial charge in [0.2, 0.25) is 0 Å². The summed E-state index contributed by atoms with van der Waals surface area (Å²) in [4.78, 5) is 23.5. The molecular formula is C7H7N5O. The molecule has 0 radical (unpaired) electrons. The molecule has 0 unspecified atom stereocenters. The van der Waals surface area contributed by atoms with E-state index in [-0.39, 0.29) is 5.82 Å². The minimum Gasteiger partial charge on any atom is -0.384 e. The summed E-state index contributed by atoms with van der Waals surface area (Å²) in [5, 5.41) is 0. The van der Waals surface area contributed by atoms with Crippen molar-refractivity contribution in [1.29, 1.82) is 0 Å². The molecule has 0 aliphatic heterocycles.